The van der Waals surface area contributed by atoms with Gasteiger partial charge in [0.15, 0.2) is 0 Å². The number of rotatable bonds is 4. The molecule has 3 aromatic rings. The molecule has 2 aromatic carbocycles. The van der Waals surface area contributed by atoms with Gasteiger partial charge >= 0.3 is 6.01 Å². The smallest absolute Gasteiger partial charge is 0.318 e. The van der Waals surface area contributed by atoms with E-state index in [1.54, 1.807) is 23.1 Å². The third-order valence-electron chi connectivity index (χ3n) is 5.49. The van der Waals surface area contributed by atoms with Gasteiger partial charge in [-0.1, -0.05) is 28.8 Å². The summed E-state index contributed by atoms with van der Waals surface area (Å²) in [4.78, 5) is 17.2. The van der Waals surface area contributed by atoms with E-state index in [2.05, 4.69) is 10.2 Å². The number of anilines is 2. The second-order valence-corrected chi connectivity index (χ2v) is 9.55. The number of ether oxygens (including phenoxy) is 1. The van der Waals surface area contributed by atoms with Crippen LogP contribution in [0.5, 0.6) is 0 Å². The maximum Gasteiger partial charge on any atom is 0.318 e. The number of aromatic nitrogens is 2. The molecule has 1 amide bonds. The molecule has 0 saturated carbocycles. The lowest BCUT2D eigenvalue weighted by molar-refractivity contribution is -0.118. The van der Waals surface area contributed by atoms with Crippen LogP contribution in [0.15, 0.2) is 51.8 Å². The molecular formula is C22H21ClN4O4S. The Balaban J connectivity index is 1.50. The zero-order chi connectivity index (χ0) is 22.1. The Labute approximate surface area is 192 Å². The molecule has 1 atom stereocenters. The highest BCUT2D eigenvalue weighted by molar-refractivity contribution is 7.85. The van der Waals surface area contributed by atoms with E-state index in [1.807, 2.05) is 29.2 Å². The van der Waals surface area contributed by atoms with Crippen molar-refractivity contribution in [3.63, 3.8) is 0 Å². The number of amides is 1. The van der Waals surface area contributed by atoms with E-state index in [0.29, 0.717) is 71.7 Å². The number of benzene rings is 2. The lowest BCUT2D eigenvalue weighted by atomic mass is 10.1. The highest BCUT2D eigenvalue weighted by atomic mass is 35.5. The average Bonchev–Trinajstić information content (AvgIpc) is 3.29. The SMILES string of the molecule is O=C1CCS(=O)c2ccc(-c3nnc(N4CCOCC4)o3)cc2N1Cc1ccc(Cl)cc1. The first kappa shape index (κ1) is 21.1. The van der Waals surface area contributed by atoms with Crippen LogP contribution in [-0.2, 0) is 26.9 Å². The average molecular weight is 473 g/mol. The van der Waals surface area contributed by atoms with E-state index in [9.17, 15) is 9.00 Å². The summed E-state index contributed by atoms with van der Waals surface area (Å²) in [6.07, 6.45) is 0.214. The van der Waals surface area contributed by atoms with Gasteiger partial charge in [-0.2, -0.15) is 0 Å². The molecule has 3 heterocycles. The lowest BCUT2D eigenvalue weighted by Crippen LogP contribution is -2.36. The summed E-state index contributed by atoms with van der Waals surface area (Å²) < 4.78 is 24.1. The third-order valence-corrected chi connectivity index (χ3v) is 7.16. The summed E-state index contributed by atoms with van der Waals surface area (Å²) in [6.45, 7) is 2.96. The highest BCUT2D eigenvalue weighted by Crippen LogP contribution is 2.34. The number of carbonyl (C=O) groups is 1. The molecule has 8 nitrogen and oxygen atoms in total. The highest BCUT2D eigenvalue weighted by Gasteiger charge is 2.27. The molecule has 166 valence electrons. The zero-order valence-corrected chi connectivity index (χ0v) is 18.8. The Hall–Kier alpha value is -2.75. The summed E-state index contributed by atoms with van der Waals surface area (Å²) in [5.74, 6) is 0.566. The first-order valence-electron chi connectivity index (χ1n) is 10.3. The van der Waals surface area contributed by atoms with Crippen LogP contribution in [0.1, 0.15) is 12.0 Å². The van der Waals surface area contributed by atoms with Gasteiger partial charge < -0.3 is 19.0 Å². The van der Waals surface area contributed by atoms with E-state index >= 15 is 0 Å². The predicted molar refractivity (Wildman–Crippen MR) is 121 cm³/mol. The van der Waals surface area contributed by atoms with Gasteiger partial charge in [0.2, 0.25) is 11.8 Å². The molecule has 1 saturated heterocycles. The van der Waals surface area contributed by atoms with Crippen LogP contribution >= 0.6 is 11.6 Å². The molecular weight excluding hydrogens is 452 g/mol. The molecule has 0 spiro atoms. The van der Waals surface area contributed by atoms with E-state index in [0.717, 1.165) is 5.56 Å². The van der Waals surface area contributed by atoms with Crippen molar-refractivity contribution >= 4 is 40.0 Å². The van der Waals surface area contributed by atoms with Crippen molar-refractivity contribution < 1.29 is 18.2 Å². The number of halogens is 1. The van der Waals surface area contributed by atoms with Crippen molar-refractivity contribution in [3.05, 3.63) is 53.1 Å². The first-order valence-corrected chi connectivity index (χ1v) is 12.0. The van der Waals surface area contributed by atoms with Crippen LogP contribution < -0.4 is 9.80 Å². The standard InChI is InChI=1S/C22H21ClN4O4S/c23-17-4-1-15(2-5-17)14-27-18-13-16(3-6-19(18)32(29)12-7-20(27)28)21-24-25-22(31-21)26-8-10-30-11-9-26/h1-6,13H,7-12,14H2. The van der Waals surface area contributed by atoms with Crippen molar-refractivity contribution in [3.8, 4) is 11.5 Å². The van der Waals surface area contributed by atoms with Crippen molar-refractivity contribution in [2.75, 3.05) is 41.9 Å². The maximum absolute atomic E-state index is 12.9. The fraction of sp³-hybridized carbons (Fsp3) is 0.318. The van der Waals surface area contributed by atoms with Crippen molar-refractivity contribution in [1.29, 1.82) is 0 Å². The second-order valence-electron chi connectivity index (χ2n) is 7.58. The fourth-order valence-electron chi connectivity index (χ4n) is 3.77. The van der Waals surface area contributed by atoms with Gasteiger partial charge in [-0.05, 0) is 35.9 Å². The van der Waals surface area contributed by atoms with Crippen LogP contribution in [0.3, 0.4) is 0 Å². The van der Waals surface area contributed by atoms with Crippen LogP contribution in [0.2, 0.25) is 5.02 Å². The Bertz CT molecular complexity index is 1160. The molecule has 1 unspecified atom stereocenters. The van der Waals surface area contributed by atoms with Crippen molar-refractivity contribution in [2.45, 2.75) is 17.9 Å². The van der Waals surface area contributed by atoms with Gasteiger partial charge in [-0.15, -0.1) is 5.10 Å². The van der Waals surface area contributed by atoms with E-state index in [1.165, 1.54) is 0 Å². The normalized spacial score (nSPS) is 19.0. The molecule has 2 aliphatic heterocycles. The zero-order valence-electron chi connectivity index (χ0n) is 17.2. The molecule has 0 aliphatic carbocycles. The van der Waals surface area contributed by atoms with Gasteiger partial charge in [-0.25, -0.2) is 0 Å². The molecule has 0 radical (unpaired) electrons. The van der Waals surface area contributed by atoms with E-state index in [-0.39, 0.29) is 12.3 Å². The summed E-state index contributed by atoms with van der Waals surface area (Å²) in [5, 5.41) is 9.00. The first-order chi connectivity index (χ1) is 15.6. The van der Waals surface area contributed by atoms with E-state index < -0.39 is 10.8 Å². The summed E-state index contributed by atoms with van der Waals surface area (Å²) in [6, 6.07) is 13.2. The van der Waals surface area contributed by atoms with Crippen LogP contribution in [-0.4, -0.2) is 52.4 Å². The van der Waals surface area contributed by atoms with Gasteiger partial charge in [0.05, 0.1) is 41.1 Å². The van der Waals surface area contributed by atoms with Crippen molar-refractivity contribution in [1.82, 2.24) is 10.2 Å². The Morgan fingerprint density at radius 1 is 1.06 bits per heavy atom. The third kappa shape index (κ3) is 4.28. The molecule has 1 fully saturated rings. The summed E-state index contributed by atoms with van der Waals surface area (Å²) >= 11 is 6.00. The minimum atomic E-state index is -1.27. The largest absolute Gasteiger partial charge is 0.403 e. The Morgan fingerprint density at radius 3 is 2.62 bits per heavy atom. The van der Waals surface area contributed by atoms with Gasteiger partial charge in [0, 0.05) is 35.8 Å². The fourth-order valence-corrected chi connectivity index (χ4v) is 5.10. The number of fused-ring (bicyclic) bond motifs is 1. The van der Waals surface area contributed by atoms with E-state index in [4.69, 9.17) is 20.8 Å². The van der Waals surface area contributed by atoms with Crippen molar-refractivity contribution in [2.24, 2.45) is 0 Å². The number of carbonyl (C=O) groups excluding carboxylic acids is 1. The molecule has 32 heavy (non-hydrogen) atoms. The minimum Gasteiger partial charge on any atom is -0.403 e. The summed E-state index contributed by atoms with van der Waals surface area (Å²) in [7, 11) is -1.27. The van der Waals surface area contributed by atoms with Gasteiger partial charge in [-0.3, -0.25) is 9.00 Å². The van der Waals surface area contributed by atoms with Gasteiger partial charge in [0.25, 0.3) is 0 Å². The molecule has 1 aromatic heterocycles. The van der Waals surface area contributed by atoms with Crippen LogP contribution in [0, 0.1) is 0 Å². The molecule has 0 N–H and O–H groups in total. The monoisotopic (exact) mass is 472 g/mol. The van der Waals surface area contributed by atoms with Crippen LogP contribution in [0.25, 0.3) is 11.5 Å². The molecule has 10 heteroatoms. The predicted octanol–water partition coefficient (Wildman–Crippen LogP) is 3.27. The topological polar surface area (TPSA) is 88.8 Å². The molecule has 5 rings (SSSR count). The number of nitrogens with zero attached hydrogens (tertiary/aromatic N) is 4. The number of morpholine rings is 1. The number of hydrogen-bond donors (Lipinski definition) is 0. The summed E-state index contributed by atoms with van der Waals surface area (Å²) in [5.41, 5.74) is 2.20. The minimum absolute atomic E-state index is 0.0799. The Morgan fingerprint density at radius 2 is 1.84 bits per heavy atom. The second kappa shape index (κ2) is 9.01. The number of hydrogen-bond acceptors (Lipinski definition) is 7. The Kier molecular flexibility index (Phi) is 5.95. The lowest BCUT2D eigenvalue weighted by Gasteiger charge is -2.24. The molecule has 2 aliphatic rings. The van der Waals surface area contributed by atoms with Gasteiger partial charge in [0.1, 0.15) is 0 Å². The molecule has 0 bridgehead atoms. The quantitative estimate of drug-likeness (QED) is 0.575. The van der Waals surface area contributed by atoms with Crippen LogP contribution in [0.4, 0.5) is 11.7 Å². The maximum atomic E-state index is 12.9.